The van der Waals surface area contributed by atoms with Crippen molar-refractivity contribution in [1.82, 2.24) is 16.1 Å². The Labute approximate surface area is 533 Å². The van der Waals surface area contributed by atoms with Crippen LogP contribution in [0.5, 0.6) is 11.5 Å². The first kappa shape index (κ1) is 71.8. The molecule has 1 aromatic rings. The predicted octanol–water partition coefficient (Wildman–Crippen LogP) is 3.42. The lowest BCUT2D eigenvalue weighted by Gasteiger charge is -2.47. The van der Waals surface area contributed by atoms with Crippen molar-refractivity contribution in [2.45, 2.75) is 175 Å². The van der Waals surface area contributed by atoms with Crippen molar-refractivity contribution in [3.63, 3.8) is 0 Å². The summed E-state index contributed by atoms with van der Waals surface area (Å²) in [4.78, 5) is 62.5. The number of esters is 1. The van der Waals surface area contributed by atoms with Gasteiger partial charge in [0.2, 0.25) is 5.78 Å². The van der Waals surface area contributed by atoms with Crippen LogP contribution in [0.3, 0.4) is 0 Å². The second-order valence-electron chi connectivity index (χ2n) is 21.4. The van der Waals surface area contributed by atoms with Gasteiger partial charge in [-0.1, -0.05) is 71.8 Å². The molecule has 0 saturated carbocycles. The number of rotatable bonds is 25. The summed E-state index contributed by atoms with van der Waals surface area (Å²) in [5.74, 6) is 8.60. The number of benzene rings is 1. The number of alkyl carbamates (subject to hydrolysis) is 1. The zero-order chi connectivity index (χ0) is 64.9. The number of allylic oxidation sites excluding steroid dienone is 2. The minimum atomic E-state index is -2.66. The smallest absolute Gasteiger partial charge is 0.411 e. The molecule has 0 aromatic heterocycles. The van der Waals surface area contributed by atoms with E-state index in [0.717, 1.165) is 7.11 Å². The minimum absolute atomic E-state index is 0.0843. The third kappa shape index (κ3) is 17.6. The van der Waals surface area contributed by atoms with Gasteiger partial charge in [-0.3, -0.25) is 19.7 Å². The molecular formula is C59H80N4O22S4. The number of methoxy groups -OCH3 is 5. The fourth-order valence-electron chi connectivity index (χ4n) is 10.8. The van der Waals surface area contributed by atoms with Crippen molar-refractivity contribution < 1.29 is 106 Å². The lowest BCUT2D eigenvalue weighted by molar-refractivity contribution is -0.336. The van der Waals surface area contributed by atoms with Gasteiger partial charge >= 0.3 is 12.1 Å². The van der Waals surface area contributed by atoms with Crippen molar-refractivity contribution in [3.8, 4) is 35.2 Å². The maximum atomic E-state index is 15.6. The third-order valence-electron chi connectivity index (χ3n) is 15.2. The Morgan fingerprint density at radius 1 is 0.854 bits per heavy atom. The SMILES string of the molecule is C=C(OC)C(=O)Nc1cc(OC)c(OC)cc1C(=O)O[C@H]1C[C@H](O[C@@H]2C(=O)C(NC(=O)OC)=C3/C(=C\CSSSC)[C@]2(O)C#C/C=C\C#C[C@@H]3O[C@@H]2O[C@H](C)[C@@H](NO[C@H]3C[C@H](O)[C@H](SC)[C@@H](C)O3)[C@H](O)[C@@H]2O[C@H]2C[C@H](OC)[C@@H](NC(C)C)CO2)O[C@@H](C)[C@@H]1O. The normalized spacial score (nSPS) is 34.4. The molecule has 4 heterocycles. The zero-order valence-electron chi connectivity index (χ0n) is 51.4. The van der Waals surface area contributed by atoms with Gasteiger partial charge in [-0.05, 0) is 55.3 Å². The Balaban J connectivity index is 1.27. The first-order chi connectivity index (χ1) is 42.5. The number of aliphatic hydroxyl groups excluding tert-OH is 3. The predicted molar refractivity (Wildman–Crippen MR) is 330 cm³/mol. The fourth-order valence-corrected chi connectivity index (χ4v) is 14.1. The van der Waals surface area contributed by atoms with Crippen LogP contribution in [0.15, 0.2) is 59.5 Å². The van der Waals surface area contributed by atoms with Gasteiger partial charge in [0.1, 0.15) is 30.5 Å². The van der Waals surface area contributed by atoms with Gasteiger partial charge in [0.25, 0.3) is 5.91 Å². The molecule has 19 atom stereocenters. The monoisotopic (exact) mass is 1320 g/mol. The summed E-state index contributed by atoms with van der Waals surface area (Å²) in [5.41, 5.74) is -0.949. The molecule has 26 nitrogen and oxygen atoms in total. The molecule has 0 spiro atoms. The summed E-state index contributed by atoms with van der Waals surface area (Å²) in [6, 6.07) is 1.39. The van der Waals surface area contributed by atoms with Gasteiger partial charge < -0.3 is 92.6 Å². The number of hydrogen-bond acceptors (Lipinski definition) is 28. The lowest BCUT2D eigenvalue weighted by Crippen LogP contribution is -2.65. The number of ether oxygens (including phenoxy) is 13. The summed E-state index contributed by atoms with van der Waals surface area (Å²) < 4.78 is 77.9. The Morgan fingerprint density at radius 3 is 2.22 bits per heavy atom. The van der Waals surface area contributed by atoms with E-state index in [-0.39, 0.29) is 88.3 Å². The molecule has 1 aromatic carbocycles. The van der Waals surface area contributed by atoms with Crippen molar-refractivity contribution in [1.29, 1.82) is 0 Å². The molecule has 30 heteroatoms. The number of Topliss-reactive ketones (excluding diaryl/α,β-unsaturated/α-hetero) is 1. The molecule has 0 radical (unpaired) electrons. The van der Waals surface area contributed by atoms with Crippen molar-refractivity contribution in [2.75, 3.05) is 65.7 Å². The van der Waals surface area contributed by atoms with Gasteiger partial charge in [-0.25, -0.2) is 9.59 Å². The summed E-state index contributed by atoms with van der Waals surface area (Å²) in [6.07, 6.45) is -11.7. The topological polar surface area (TPSA) is 327 Å². The molecule has 8 N–H and O–H groups in total. The Morgan fingerprint density at radius 2 is 1.56 bits per heavy atom. The minimum Gasteiger partial charge on any atom is -0.493 e. The van der Waals surface area contributed by atoms with E-state index in [9.17, 15) is 34.8 Å². The van der Waals surface area contributed by atoms with E-state index >= 15 is 4.79 Å². The molecule has 6 aliphatic rings. The molecule has 89 heavy (non-hydrogen) atoms. The van der Waals surface area contributed by atoms with E-state index in [2.05, 4.69) is 51.7 Å². The highest BCUT2D eigenvalue weighted by Gasteiger charge is 2.57. The number of amides is 2. The van der Waals surface area contributed by atoms with Crippen LogP contribution in [0.2, 0.25) is 0 Å². The number of nitrogens with one attached hydrogen (secondary N) is 4. The number of aliphatic hydroxyl groups is 4. The number of ketones is 1. The van der Waals surface area contributed by atoms with E-state index in [1.54, 1.807) is 20.1 Å². The first-order valence-electron chi connectivity index (χ1n) is 28.4. The molecule has 4 fully saturated rings. The Hall–Kier alpha value is -4.62. The highest BCUT2D eigenvalue weighted by Crippen LogP contribution is 2.44. The molecule has 7 rings (SSSR count). The number of anilines is 1. The van der Waals surface area contributed by atoms with E-state index in [1.165, 1.54) is 95.7 Å². The van der Waals surface area contributed by atoms with Crippen molar-refractivity contribution in [2.24, 2.45) is 0 Å². The highest BCUT2D eigenvalue weighted by atomic mass is 33.5. The molecule has 2 amide bonds. The van der Waals surface area contributed by atoms with Crippen LogP contribution >= 0.6 is 43.2 Å². The molecule has 2 bridgehead atoms. The van der Waals surface area contributed by atoms with Crippen molar-refractivity contribution in [3.05, 3.63) is 65.1 Å². The van der Waals surface area contributed by atoms with Crippen LogP contribution < -0.4 is 30.9 Å². The molecule has 0 unspecified atom stereocenters. The maximum absolute atomic E-state index is 15.6. The van der Waals surface area contributed by atoms with Gasteiger partial charge in [-0.15, -0.1) is 0 Å². The Kier molecular flexibility index (Phi) is 26.9. The van der Waals surface area contributed by atoms with Gasteiger partial charge in [0, 0.05) is 61.4 Å². The van der Waals surface area contributed by atoms with E-state index in [1.807, 2.05) is 33.3 Å². The van der Waals surface area contributed by atoms with Gasteiger partial charge in [0.05, 0.1) is 99.8 Å². The number of hydrogen-bond donors (Lipinski definition) is 8. The van der Waals surface area contributed by atoms with Crippen molar-refractivity contribution >= 4 is 72.6 Å². The van der Waals surface area contributed by atoms with E-state index in [0.29, 0.717) is 0 Å². The maximum Gasteiger partial charge on any atom is 0.411 e. The fraction of sp³-hybridized carbons (Fsp3) is 0.627. The van der Waals surface area contributed by atoms with Crippen LogP contribution in [0.25, 0.3) is 0 Å². The average Bonchev–Trinajstić information content (AvgIpc) is 0.971. The van der Waals surface area contributed by atoms with E-state index < -0.39 is 134 Å². The number of thioether (sulfide) groups is 1. The van der Waals surface area contributed by atoms with Gasteiger partial charge in [-0.2, -0.15) is 17.2 Å². The van der Waals surface area contributed by atoms with Crippen LogP contribution in [0, 0.1) is 23.7 Å². The summed E-state index contributed by atoms with van der Waals surface area (Å²) in [7, 11) is 10.8. The first-order valence-corrected chi connectivity index (χ1v) is 33.8. The largest absolute Gasteiger partial charge is 0.493 e. The van der Waals surface area contributed by atoms with Crippen LogP contribution in [-0.4, -0.2) is 226 Å². The standard InChI is InChI=1S/C59H80N4O22S4/c1-28(2)60-36-27-77-43(25-39(36)73-8)83-52-50(66)47(63-85-45-24-37(64)53(86-12)31(5)79-45)29(3)80-57(52)82-38-18-16-14-15-17-20-59(71)34(19-21-88-89-87-13)46(38)48(62-58(70)76-11)51(67)54(59)84-44-26-42(49(65)30(4)78-44)81-56(69)33-22-40(74-9)41(75-10)23-35(33)61-55(68)32(6)72-7/h14-15,19,22-23,28-31,36-39,42-45,47,49-50,52-54,57,60,63-66,71H,6,21,24-27H2,1-5,7-13H3,(H,61,68)(H,62,70)/b15-14-,34-19+/t29-,30+,31-,36+,37+,38+,39+,42+,43+,44+,45+,47-,49+,50+,52+,53-,54-,57+,59-/m1/s1. The third-order valence-corrected chi connectivity index (χ3v) is 20.2. The van der Waals surface area contributed by atoms with Crippen LogP contribution in [-0.2, 0) is 66.5 Å². The molecular weight excluding hydrogens is 1240 g/mol. The van der Waals surface area contributed by atoms with Crippen LogP contribution in [0.4, 0.5) is 10.5 Å². The average molecular weight is 1330 g/mol. The van der Waals surface area contributed by atoms with Gasteiger partial charge in [0.15, 0.2) is 54.1 Å². The highest BCUT2D eigenvalue weighted by molar-refractivity contribution is 9.09. The molecule has 492 valence electrons. The second kappa shape index (κ2) is 33.3. The van der Waals surface area contributed by atoms with E-state index in [4.69, 9.17) is 66.4 Å². The number of fused-ring (bicyclic) bond motifs is 2. The number of carbonyl (C=O) groups excluding carboxylic acids is 4. The Bertz CT molecular complexity index is 2890. The summed E-state index contributed by atoms with van der Waals surface area (Å²) >= 11 is 1.47. The summed E-state index contributed by atoms with van der Waals surface area (Å²) in [6.45, 7) is 12.6. The number of hydroxylamine groups is 1. The number of carbonyl (C=O) groups is 4. The lowest BCUT2D eigenvalue weighted by atomic mass is 9.73. The quantitative estimate of drug-likeness (QED) is 0.0132. The molecule has 4 aliphatic heterocycles. The van der Waals surface area contributed by atoms with Crippen LogP contribution in [0.1, 0.15) is 64.2 Å². The second-order valence-corrected chi connectivity index (χ2v) is 26.8. The zero-order valence-corrected chi connectivity index (χ0v) is 54.6. The molecule has 4 saturated heterocycles. The summed E-state index contributed by atoms with van der Waals surface area (Å²) in [5, 5.41) is 56.8. The molecule has 2 aliphatic carbocycles.